The molecule has 0 saturated carbocycles. The van der Waals surface area contributed by atoms with Gasteiger partial charge in [-0.2, -0.15) is 0 Å². The van der Waals surface area contributed by atoms with E-state index in [9.17, 15) is 4.79 Å². The first kappa shape index (κ1) is 10.9. The van der Waals surface area contributed by atoms with Crippen molar-refractivity contribution in [3.8, 4) is 0 Å². The second-order valence-electron chi connectivity index (χ2n) is 4.14. The van der Waals surface area contributed by atoms with Gasteiger partial charge in [-0.05, 0) is 19.8 Å². The summed E-state index contributed by atoms with van der Waals surface area (Å²) in [4.78, 5) is 21.2. The maximum absolute atomic E-state index is 10.9. The van der Waals surface area contributed by atoms with E-state index in [2.05, 4.69) is 9.97 Å². The predicted octanol–water partition coefficient (Wildman–Crippen LogP) is 1.09. The molecule has 5 nitrogen and oxygen atoms in total. The third-order valence-corrected chi connectivity index (χ3v) is 2.88. The summed E-state index contributed by atoms with van der Waals surface area (Å²) < 4.78 is 0. The number of carbonyl (C=O) groups is 1. The van der Waals surface area contributed by atoms with E-state index < -0.39 is 5.97 Å². The van der Waals surface area contributed by atoms with Gasteiger partial charge in [0.05, 0.1) is 5.92 Å². The molecule has 2 rings (SSSR count). The van der Waals surface area contributed by atoms with Crippen LogP contribution >= 0.6 is 0 Å². The Bertz CT molecular complexity index is 395. The Morgan fingerprint density at radius 3 is 3.06 bits per heavy atom. The number of aryl methyl sites for hydroxylation is 1. The largest absolute Gasteiger partial charge is 0.481 e. The minimum absolute atomic E-state index is 0.274. The molecule has 1 aromatic heterocycles. The fourth-order valence-electron chi connectivity index (χ4n) is 2.00. The molecule has 0 amide bonds. The van der Waals surface area contributed by atoms with Gasteiger partial charge in [-0.25, -0.2) is 9.97 Å². The molecule has 1 fully saturated rings. The van der Waals surface area contributed by atoms with Crippen LogP contribution < -0.4 is 4.90 Å². The summed E-state index contributed by atoms with van der Waals surface area (Å²) >= 11 is 0. The lowest BCUT2D eigenvalue weighted by Gasteiger charge is -2.31. The number of anilines is 1. The third-order valence-electron chi connectivity index (χ3n) is 2.88. The summed E-state index contributed by atoms with van der Waals surface area (Å²) in [6.45, 7) is 3.33. The molecule has 5 heteroatoms. The lowest BCUT2D eigenvalue weighted by atomic mass is 9.98. The highest BCUT2D eigenvalue weighted by molar-refractivity contribution is 5.71. The highest BCUT2D eigenvalue weighted by atomic mass is 16.4. The van der Waals surface area contributed by atoms with Gasteiger partial charge in [0.2, 0.25) is 0 Å². The van der Waals surface area contributed by atoms with Crippen molar-refractivity contribution < 1.29 is 9.90 Å². The molecule has 86 valence electrons. The molecule has 1 saturated heterocycles. The summed E-state index contributed by atoms with van der Waals surface area (Å²) in [6.07, 6.45) is 3.19. The number of nitrogens with zero attached hydrogens (tertiary/aromatic N) is 3. The number of aliphatic carboxylic acids is 1. The van der Waals surface area contributed by atoms with Crippen LogP contribution in [0.3, 0.4) is 0 Å². The Kier molecular flexibility index (Phi) is 3.03. The smallest absolute Gasteiger partial charge is 0.308 e. The van der Waals surface area contributed by atoms with Crippen LogP contribution in [0, 0.1) is 12.8 Å². The molecular formula is C11H15N3O2. The number of carboxylic acid groups (broad SMARTS) is 1. The van der Waals surface area contributed by atoms with Crippen molar-refractivity contribution in [1.82, 2.24) is 9.97 Å². The maximum Gasteiger partial charge on any atom is 0.308 e. The highest BCUT2D eigenvalue weighted by Crippen LogP contribution is 2.21. The quantitative estimate of drug-likeness (QED) is 0.809. The van der Waals surface area contributed by atoms with Crippen LogP contribution in [0.4, 0.5) is 5.82 Å². The Balaban J connectivity index is 2.12. The van der Waals surface area contributed by atoms with Gasteiger partial charge in [-0.1, -0.05) is 0 Å². The molecule has 1 N–H and O–H groups in total. The van der Waals surface area contributed by atoms with E-state index in [4.69, 9.17) is 5.11 Å². The van der Waals surface area contributed by atoms with Crippen LogP contribution in [0.1, 0.15) is 18.5 Å². The van der Waals surface area contributed by atoms with Gasteiger partial charge in [-0.3, -0.25) is 4.79 Å². The summed E-state index contributed by atoms with van der Waals surface area (Å²) in [5, 5.41) is 9.00. The van der Waals surface area contributed by atoms with Crippen molar-refractivity contribution in [2.24, 2.45) is 5.92 Å². The second kappa shape index (κ2) is 4.47. The van der Waals surface area contributed by atoms with Gasteiger partial charge >= 0.3 is 5.97 Å². The first-order chi connectivity index (χ1) is 7.66. The van der Waals surface area contributed by atoms with Crippen LogP contribution in [0.2, 0.25) is 0 Å². The molecule has 0 radical (unpaired) electrons. The monoisotopic (exact) mass is 221 g/mol. The third kappa shape index (κ3) is 2.29. The van der Waals surface area contributed by atoms with E-state index in [0.29, 0.717) is 6.54 Å². The Morgan fingerprint density at radius 1 is 1.56 bits per heavy atom. The van der Waals surface area contributed by atoms with Crippen molar-refractivity contribution in [1.29, 1.82) is 0 Å². The molecule has 0 spiro atoms. The maximum atomic E-state index is 10.9. The van der Waals surface area contributed by atoms with Gasteiger partial charge in [-0.15, -0.1) is 0 Å². The SMILES string of the molecule is Cc1cc(N2CCC[C@H](C(=O)O)C2)ncn1. The molecular weight excluding hydrogens is 206 g/mol. The van der Waals surface area contributed by atoms with Gasteiger partial charge < -0.3 is 10.0 Å². The van der Waals surface area contributed by atoms with Crippen LogP contribution in [-0.2, 0) is 4.79 Å². The zero-order valence-corrected chi connectivity index (χ0v) is 9.26. The molecule has 1 aliphatic rings. The molecule has 16 heavy (non-hydrogen) atoms. The van der Waals surface area contributed by atoms with E-state index in [0.717, 1.165) is 30.9 Å². The van der Waals surface area contributed by atoms with Gasteiger partial charge in [0.15, 0.2) is 0 Å². The number of hydrogen-bond acceptors (Lipinski definition) is 4. The minimum atomic E-state index is -0.713. The lowest BCUT2D eigenvalue weighted by molar-refractivity contribution is -0.141. The zero-order chi connectivity index (χ0) is 11.5. The van der Waals surface area contributed by atoms with Crippen molar-refractivity contribution >= 4 is 11.8 Å². The van der Waals surface area contributed by atoms with Gasteiger partial charge in [0.25, 0.3) is 0 Å². The van der Waals surface area contributed by atoms with E-state index >= 15 is 0 Å². The molecule has 0 unspecified atom stereocenters. The normalized spacial score (nSPS) is 20.8. The highest BCUT2D eigenvalue weighted by Gasteiger charge is 2.25. The van der Waals surface area contributed by atoms with E-state index in [1.807, 2.05) is 17.9 Å². The van der Waals surface area contributed by atoms with E-state index in [-0.39, 0.29) is 5.92 Å². The fourth-order valence-corrected chi connectivity index (χ4v) is 2.00. The van der Waals surface area contributed by atoms with Gasteiger partial charge in [0, 0.05) is 24.8 Å². The lowest BCUT2D eigenvalue weighted by Crippen LogP contribution is -2.39. The van der Waals surface area contributed by atoms with Crippen molar-refractivity contribution in [2.75, 3.05) is 18.0 Å². The number of carboxylic acids is 1. The first-order valence-electron chi connectivity index (χ1n) is 5.43. The summed E-state index contributed by atoms with van der Waals surface area (Å²) in [5.74, 6) is -0.155. The number of rotatable bonds is 2. The number of piperidine rings is 1. The van der Waals surface area contributed by atoms with Crippen molar-refractivity contribution in [3.05, 3.63) is 18.1 Å². The molecule has 0 aromatic carbocycles. The second-order valence-corrected chi connectivity index (χ2v) is 4.14. The summed E-state index contributed by atoms with van der Waals surface area (Å²) in [6, 6.07) is 1.89. The van der Waals surface area contributed by atoms with Crippen LogP contribution in [0.25, 0.3) is 0 Å². The average Bonchev–Trinajstić information content (AvgIpc) is 2.29. The van der Waals surface area contributed by atoms with E-state index in [1.165, 1.54) is 6.33 Å². The average molecular weight is 221 g/mol. The molecule has 2 heterocycles. The Labute approximate surface area is 94.1 Å². The van der Waals surface area contributed by atoms with Crippen molar-refractivity contribution in [3.63, 3.8) is 0 Å². The molecule has 0 bridgehead atoms. The summed E-state index contributed by atoms with van der Waals surface area (Å²) in [5.41, 5.74) is 0.905. The first-order valence-corrected chi connectivity index (χ1v) is 5.43. The standard InChI is InChI=1S/C11H15N3O2/c1-8-5-10(13-7-12-8)14-4-2-3-9(6-14)11(15)16/h5,7,9H,2-4,6H2,1H3,(H,15,16)/t9-/m0/s1. The molecule has 1 aromatic rings. The Hall–Kier alpha value is -1.65. The van der Waals surface area contributed by atoms with Crippen molar-refractivity contribution in [2.45, 2.75) is 19.8 Å². The van der Waals surface area contributed by atoms with Crippen LogP contribution in [0.15, 0.2) is 12.4 Å². The molecule has 0 aliphatic carbocycles. The summed E-state index contributed by atoms with van der Waals surface area (Å²) in [7, 11) is 0. The fraction of sp³-hybridized carbons (Fsp3) is 0.545. The topological polar surface area (TPSA) is 66.3 Å². The predicted molar refractivity (Wildman–Crippen MR) is 59.3 cm³/mol. The van der Waals surface area contributed by atoms with Gasteiger partial charge in [0.1, 0.15) is 12.1 Å². The molecule has 1 atom stereocenters. The Morgan fingerprint density at radius 2 is 2.38 bits per heavy atom. The number of hydrogen-bond donors (Lipinski definition) is 1. The molecule has 1 aliphatic heterocycles. The zero-order valence-electron chi connectivity index (χ0n) is 9.26. The number of aromatic nitrogens is 2. The van der Waals surface area contributed by atoms with Crippen LogP contribution in [0.5, 0.6) is 0 Å². The minimum Gasteiger partial charge on any atom is -0.481 e. The van der Waals surface area contributed by atoms with Crippen LogP contribution in [-0.4, -0.2) is 34.1 Å². The van der Waals surface area contributed by atoms with E-state index in [1.54, 1.807) is 0 Å².